The van der Waals surface area contributed by atoms with Crippen LogP contribution in [0.2, 0.25) is 10.0 Å². The molecule has 0 aliphatic carbocycles. The van der Waals surface area contributed by atoms with E-state index in [1.165, 1.54) is 7.11 Å². The van der Waals surface area contributed by atoms with E-state index in [0.717, 1.165) is 83.3 Å². The molecule has 7 rings (SSSR count). The molecule has 8 bridgehead atoms. The highest BCUT2D eigenvalue weighted by atomic mass is 35.5. The van der Waals surface area contributed by atoms with Crippen molar-refractivity contribution in [1.82, 2.24) is 24.1 Å². The molecule has 0 unspecified atom stereocenters. The zero-order valence-corrected chi connectivity index (χ0v) is 30.5. The summed E-state index contributed by atoms with van der Waals surface area (Å²) in [6.45, 7) is 2.49. The van der Waals surface area contributed by atoms with Gasteiger partial charge in [0.2, 0.25) is 0 Å². The number of ether oxygens (including phenoxy) is 2. The van der Waals surface area contributed by atoms with Crippen LogP contribution in [0.15, 0.2) is 53.4 Å². The van der Waals surface area contributed by atoms with Crippen molar-refractivity contribution in [1.29, 1.82) is 0 Å². The maximum Gasteiger partial charge on any atom is 0.354 e. The van der Waals surface area contributed by atoms with Crippen molar-refractivity contribution in [2.45, 2.75) is 41.9 Å². The van der Waals surface area contributed by atoms with E-state index in [1.807, 2.05) is 54.1 Å². The van der Waals surface area contributed by atoms with Gasteiger partial charge in [-0.15, -0.1) is 23.5 Å². The highest BCUT2D eigenvalue weighted by Crippen LogP contribution is 2.46. The van der Waals surface area contributed by atoms with Gasteiger partial charge in [0, 0.05) is 76.6 Å². The van der Waals surface area contributed by atoms with Gasteiger partial charge in [0.05, 0.1) is 40.7 Å². The van der Waals surface area contributed by atoms with Gasteiger partial charge in [0.25, 0.3) is 0 Å². The van der Waals surface area contributed by atoms with E-state index in [9.17, 15) is 4.79 Å². The van der Waals surface area contributed by atoms with Crippen LogP contribution in [0.1, 0.15) is 45.2 Å². The van der Waals surface area contributed by atoms with E-state index in [2.05, 4.69) is 30.3 Å². The Balaban J connectivity index is 1.39. The van der Waals surface area contributed by atoms with Crippen LogP contribution >= 0.6 is 46.7 Å². The standard InChI is InChI=1S/C36H35Cl2N5O3S2/c1-20-31-29(40-42(20)3)19-47-17-22-14-23(43(4)39-22)18-48-24-13-21-9-6-7-10-25(21)30(15-24)46-12-8-11-26-32-27(37)16-28(38)33(31)35(32)41(2)34(26)36(44)45-5/h6-7,9-10,13-16H,8,11-12,17-19H2,1-5H3. The van der Waals surface area contributed by atoms with E-state index in [4.69, 9.17) is 42.9 Å². The molecule has 0 fully saturated rings. The van der Waals surface area contributed by atoms with Crippen LogP contribution in [-0.2, 0) is 49.6 Å². The molecule has 0 saturated carbocycles. The number of benzene rings is 3. The van der Waals surface area contributed by atoms with Gasteiger partial charge < -0.3 is 14.0 Å². The average Bonchev–Trinajstić information content (AvgIpc) is 3.67. The van der Waals surface area contributed by atoms with Crippen LogP contribution in [0.25, 0.3) is 32.8 Å². The van der Waals surface area contributed by atoms with Gasteiger partial charge in [-0.3, -0.25) is 9.36 Å². The SMILES string of the molecule is COC(=O)c1c2c3c(Cl)cc(Cl)c(c3n1C)-c1c(nn(C)c1C)CSCc1cc(n(C)n1)CSc1cc(c3ccccc3c1)OCCC2. The molecule has 3 aromatic carbocycles. The highest BCUT2D eigenvalue weighted by Gasteiger charge is 2.29. The minimum atomic E-state index is -0.429. The highest BCUT2D eigenvalue weighted by molar-refractivity contribution is 7.98. The summed E-state index contributed by atoms with van der Waals surface area (Å²) in [4.78, 5) is 14.5. The Morgan fingerprint density at radius 3 is 2.58 bits per heavy atom. The predicted molar refractivity (Wildman–Crippen MR) is 197 cm³/mol. The largest absolute Gasteiger partial charge is 0.493 e. The number of aryl methyl sites for hydroxylation is 4. The quantitative estimate of drug-likeness (QED) is 0.157. The molecular weight excluding hydrogens is 685 g/mol. The number of thioether (sulfide) groups is 2. The molecule has 0 spiro atoms. The fourth-order valence-corrected chi connectivity index (χ4v) is 9.17. The Morgan fingerprint density at radius 2 is 1.77 bits per heavy atom. The second kappa shape index (κ2) is 13.4. The molecule has 0 amide bonds. The van der Waals surface area contributed by atoms with Crippen LogP contribution in [-0.4, -0.2) is 43.8 Å². The second-order valence-corrected chi connectivity index (χ2v) is 14.8. The van der Waals surface area contributed by atoms with Crippen LogP contribution in [0.4, 0.5) is 0 Å². The van der Waals surface area contributed by atoms with Gasteiger partial charge in [0.15, 0.2) is 0 Å². The first kappa shape index (κ1) is 33.0. The average molecular weight is 721 g/mol. The number of fused-ring (bicyclic) bond motifs is 8. The van der Waals surface area contributed by atoms with Crippen LogP contribution in [0.5, 0.6) is 5.75 Å². The van der Waals surface area contributed by atoms with Gasteiger partial charge in [-0.1, -0.05) is 47.5 Å². The van der Waals surface area contributed by atoms with Crippen LogP contribution < -0.4 is 4.74 Å². The number of esters is 1. The molecule has 48 heavy (non-hydrogen) atoms. The van der Waals surface area contributed by atoms with Gasteiger partial charge >= 0.3 is 5.97 Å². The molecular formula is C36H35Cl2N5O3S2. The number of hydrogen-bond acceptors (Lipinski definition) is 7. The molecule has 1 aliphatic heterocycles. The van der Waals surface area contributed by atoms with Gasteiger partial charge in [-0.05, 0) is 55.0 Å². The van der Waals surface area contributed by atoms with E-state index < -0.39 is 5.97 Å². The fourth-order valence-electron chi connectivity index (χ4n) is 6.67. The molecule has 0 saturated heterocycles. The molecule has 0 radical (unpaired) electrons. The normalized spacial score (nSPS) is 14.1. The second-order valence-electron chi connectivity index (χ2n) is 12.0. The fraction of sp³-hybridized carbons (Fsp3) is 0.306. The molecule has 0 N–H and O–H groups in total. The number of carbonyl (C=O) groups is 1. The number of carbonyl (C=O) groups excluding carboxylic acids is 1. The molecule has 1 aliphatic rings. The van der Waals surface area contributed by atoms with Gasteiger partial charge in [-0.25, -0.2) is 4.79 Å². The zero-order chi connectivity index (χ0) is 33.7. The monoisotopic (exact) mass is 719 g/mol. The molecule has 248 valence electrons. The van der Waals surface area contributed by atoms with E-state index in [1.54, 1.807) is 29.6 Å². The Hall–Kier alpha value is -3.57. The van der Waals surface area contributed by atoms with E-state index in [0.29, 0.717) is 40.9 Å². The summed E-state index contributed by atoms with van der Waals surface area (Å²) in [6.07, 6.45) is 1.20. The first-order valence-corrected chi connectivity index (χ1v) is 18.5. The maximum absolute atomic E-state index is 13.4. The summed E-state index contributed by atoms with van der Waals surface area (Å²) < 4.78 is 17.5. The molecule has 8 nitrogen and oxygen atoms in total. The Bertz CT molecular complexity index is 2220. The number of halogens is 2. The lowest BCUT2D eigenvalue weighted by Crippen LogP contribution is -2.11. The summed E-state index contributed by atoms with van der Waals surface area (Å²) in [6, 6.07) is 16.6. The van der Waals surface area contributed by atoms with Crippen LogP contribution in [0, 0.1) is 6.92 Å². The van der Waals surface area contributed by atoms with Crippen molar-refractivity contribution >= 4 is 74.4 Å². The van der Waals surface area contributed by atoms with Gasteiger partial charge in [-0.2, -0.15) is 10.2 Å². The number of aromatic nitrogens is 5. The van der Waals surface area contributed by atoms with Crippen molar-refractivity contribution in [3.05, 3.63) is 92.6 Å². The molecule has 12 heteroatoms. The Morgan fingerprint density at radius 1 is 0.958 bits per heavy atom. The van der Waals surface area contributed by atoms with Crippen molar-refractivity contribution in [3.63, 3.8) is 0 Å². The predicted octanol–water partition coefficient (Wildman–Crippen LogP) is 8.92. The summed E-state index contributed by atoms with van der Waals surface area (Å²) >= 11 is 17.6. The topological polar surface area (TPSA) is 76.1 Å². The zero-order valence-electron chi connectivity index (χ0n) is 27.4. The van der Waals surface area contributed by atoms with Gasteiger partial charge in [0.1, 0.15) is 11.4 Å². The molecule has 4 heterocycles. The number of nitrogens with zero attached hydrogens (tertiary/aromatic N) is 5. The Kier molecular flexibility index (Phi) is 9.19. The van der Waals surface area contributed by atoms with Crippen molar-refractivity contribution in [3.8, 4) is 16.9 Å². The minimum absolute atomic E-state index is 0.429. The number of hydrogen-bond donors (Lipinski definition) is 0. The molecule has 0 atom stereocenters. The third-order valence-electron chi connectivity index (χ3n) is 9.03. The van der Waals surface area contributed by atoms with Crippen LogP contribution in [0.3, 0.4) is 0 Å². The Labute approximate surface area is 297 Å². The van der Waals surface area contributed by atoms with Crippen molar-refractivity contribution < 1.29 is 14.3 Å². The maximum atomic E-state index is 13.4. The van der Waals surface area contributed by atoms with Crippen molar-refractivity contribution in [2.24, 2.45) is 21.1 Å². The lowest BCUT2D eigenvalue weighted by atomic mass is 9.98. The first-order valence-electron chi connectivity index (χ1n) is 15.6. The first-order chi connectivity index (χ1) is 23.2. The third-order valence-corrected chi connectivity index (χ3v) is 11.6. The van der Waals surface area contributed by atoms with E-state index >= 15 is 0 Å². The lowest BCUT2D eigenvalue weighted by Gasteiger charge is -2.13. The third kappa shape index (κ3) is 5.87. The number of methoxy groups -OCH3 is 1. The smallest absolute Gasteiger partial charge is 0.354 e. The summed E-state index contributed by atoms with van der Waals surface area (Å²) in [5.41, 5.74) is 7.84. The van der Waals surface area contributed by atoms with E-state index in [-0.39, 0.29) is 0 Å². The number of rotatable bonds is 1. The lowest BCUT2D eigenvalue weighted by molar-refractivity contribution is 0.0589. The molecule has 6 aromatic rings. The summed E-state index contributed by atoms with van der Waals surface area (Å²) in [5, 5.41) is 13.7. The minimum Gasteiger partial charge on any atom is -0.493 e. The van der Waals surface area contributed by atoms with Crippen molar-refractivity contribution in [2.75, 3.05) is 13.7 Å². The molecule has 3 aromatic heterocycles. The summed E-state index contributed by atoms with van der Waals surface area (Å²) in [7, 11) is 7.22. The summed E-state index contributed by atoms with van der Waals surface area (Å²) in [5.74, 6) is 2.57.